The minimum atomic E-state index is 0. The molecule has 0 bridgehead atoms. The Morgan fingerprint density at radius 3 is 2.29 bits per heavy atom. The van der Waals surface area contributed by atoms with E-state index in [9.17, 15) is 0 Å². The van der Waals surface area contributed by atoms with Crippen molar-refractivity contribution in [2.45, 2.75) is 80.8 Å². The smallest absolute Gasteiger partial charge is 0.147 e. The van der Waals surface area contributed by atoms with E-state index in [4.69, 9.17) is 9.47 Å². The van der Waals surface area contributed by atoms with Crippen molar-refractivity contribution in [2.24, 2.45) is 5.92 Å². The first-order valence-corrected chi connectivity index (χ1v) is 14.2. The Kier molecular flexibility index (Phi) is 13.4. The van der Waals surface area contributed by atoms with Gasteiger partial charge in [0, 0.05) is 0 Å². The molecule has 1 saturated heterocycles. The number of ether oxygens (including phenoxy) is 2. The predicted molar refractivity (Wildman–Crippen MR) is 124 cm³/mol. The first kappa shape index (κ1) is 26.3. The van der Waals surface area contributed by atoms with Crippen LogP contribution in [0.5, 0.6) is 0 Å². The minimum Gasteiger partial charge on any atom is -0.147 e. The van der Waals surface area contributed by atoms with Crippen molar-refractivity contribution in [3.63, 3.8) is 0 Å². The first-order chi connectivity index (χ1) is 13.1. The van der Waals surface area contributed by atoms with Crippen LogP contribution in [0.1, 0.15) is 57.9 Å². The number of benzene rings is 1. The van der Waals surface area contributed by atoms with E-state index in [1.54, 1.807) is 0 Å². The molecule has 160 valence electrons. The van der Waals surface area contributed by atoms with E-state index >= 15 is 0 Å². The molecule has 0 radical (unpaired) electrons. The molecule has 1 aliphatic rings. The fourth-order valence-corrected chi connectivity index (χ4v) is 7.36. The molecule has 0 amide bonds. The van der Waals surface area contributed by atoms with Crippen LogP contribution in [-0.4, -0.2) is 68.3 Å². The number of piperidine rings is 1. The molecule has 5 unspecified atom stereocenters. The second-order valence-corrected chi connectivity index (χ2v) is 12.7. The summed E-state index contributed by atoms with van der Waals surface area (Å²) in [6, 6.07) is 11.6. The Morgan fingerprint density at radius 2 is 1.71 bits per heavy atom. The van der Waals surface area contributed by atoms with Gasteiger partial charge in [0.2, 0.25) is 0 Å². The minimum absolute atomic E-state index is 0. The van der Waals surface area contributed by atoms with Gasteiger partial charge in [-0.25, -0.2) is 0 Å². The summed E-state index contributed by atoms with van der Waals surface area (Å²) in [5, 5.41) is 0. The Hall–Kier alpha value is 0.260. The van der Waals surface area contributed by atoms with Crippen molar-refractivity contribution in [3.05, 3.63) is 35.9 Å². The van der Waals surface area contributed by atoms with Crippen LogP contribution in [0.25, 0.3) is 0 Å². The Morgan fingerprint density at radius 1 is 1.07 bits per heavy atom. The van der Waals surface area contributed by atoms with Crippen LogP contribution < -0.4 is 0 Å². The van der Waals surface area contributed by atoms with Crippen LogP contribution in [0, 0.1) is 5.92 Å². The number of rotatable bonds is 11. The molecule has 1 heterocycles. The number of likely N-dealkylation sites (tertiary alicyclic amines) is 1. The van der Waals surface area contributed by atoms with Gasteiger partial charge in [0.1, 0.15) is 0 Å². The molecular formula is C23H41ClInNO2. The fraction of sp³-hybridized carbons (Fsp3) is 0.739. The third-order valence-corrected chi connectivity index (χ3v) is 10.9. The average molecular weight is 514 g/mol. The number of hydrogen-bond acceptors (Lipinski definition) is 3. The normalized spacial score (nSPS) is 23.6. The van der Waals surface area contributed by atoms with Crippen molar-refractivity contribution in [2.75, 3.05) is 20.8 Å². The van der Waals surface area contributed by atoms with E-state index in [0.29, 0.717) is 30.4 Å². The number of halogens is 1. The van der Waals surface area contributed by atoms with Gasteiger partial charge in [0.25, 0.3) is 0 Å². The summed E-state index contributed by atoms with van der Waals surface area (Å²) in [5.41, 5.74) is 1.44. The zero-order chi connectivity index (χ0) is 19.6. The van der Waals surface area contributed by atoms with Crippen LogP contribution in [-0.2, 0) is 16.0 Å². The van der Waals surface area contributed by atoms with Gasteiger partial charge in [0.15, 0.2) is 0 Å². The largest absolute Gasteiger partial charge is 0.147 e. The van der Waals surface area contributed by atoms with Gasteiger partial charge in [-0.3, -0.25) is 0 Å². The second kappa shape index (κ2) is 14.3. The van der Waals surface area contributed by atoms with Crippen molar-refractivity contribution < 1.29 is 9.47 Å². The SMILES string of the molecule is CCCC(OC)C(CC[CH]([InH2])C1CCN(Cc2ccccc2)C(C)C1)OC.Cl. The molecule has 5 heteroatoms. The van der Waals surface area contributed by atoms with Gasteiger partial charge in [0.05, 0.1) is 0 Å². The van der Waals surface area contributed by atoms with Gasteiger partial charge in [-0.2, -0.15) is 0 Å². The van der Waals surface area contributed by atoms with Crippen LogP contribution >= 0.6 is 12.4 Å². The van der Waals surface area contributed by atoms with Crippen LogP contribution in [0.4, 0.5) is 0 Å². The van der Waals surface area contributed by atoms with Crippen molar-refractivity contribution >= 4 is 36.8 Å². The molecule has 0 aliphatic carbocycles. The van der Waals surface area contributed by atoms with Crippen molar-refractivity contribution in [1.29, 1.82) is 0 Å². The molecular weight excluding hydrogens is 473 g/mol. The van der Waals surface area contributed by atoms with Gasteiger partial charge in [-0.15, -0.1) is 12.4 Å². The van der Waals surface area contributed by atoms with E-state index < -0.39 is 0 Å². The maximum atomic E-state index is 5.79. The van der Waals surface area contributed by atoms with Crippen LogP contribution in [0.15, 0.2) is 30.3 Å². The Balaban J connectivity index is 0.00000392. The third-order valence-electron chi connectivity index (χ3n) is 6.59. The molecule has 0 aromatic heterocycles. The molecule has 5 atom stereocenters. The number of hydrogen-bond donors (Lipinski definition) is 0. The van der Waals surface area contributed by atoms with Crippen molar-refractivity contribution in [3.8, 4) is 0 Å². The Bertz CT molecular complexity index is 519. The van der Waals surface area contributed by atoms with Gasteiger partial charge in [-0.1, -0.05) is 0 Å². The predicted octanol–water partition coefficient (Wildman–Crippen LogP) is 4.74. The van der Waals surface area contributed by atoms with E-state index in [-0.39, 0.29) is 24.6 Å². The monoisotopic (exact) mass is 513 g/mol. The van der Waals surface area contributed by atoms with E-state index in [1.807, 2.05) is 14.2 Å². The zero-order valence-corrected chi connectivity index (χ0v) is 25.1. The summed E-state index contributed by atoms with van der Waals surface area (Å²) in [5.74, 6) is 0.924. The summed E-state index contributed by atoms with van der Waals surface area (Å²) < 4.78 is 12.4. The molecule has 1 aromatic carbocycles. The standard InChI is InChI=1S/C23H38NO2.ClH.In.2H/c1-5-10-22(25-3)23(26-4)14-9-13-20-15-16-24(19(2)17-20)18-21-11-7-6-8-12-21;;;;/h6-8,11-13,19-20,22-23H,5,9-10,14-18H2,1-4H3;1H;;;. The molecule has 28 heavy (non-hydrogen) atoms. The molecule has 1 aliphatic heterocycles. The molecule has 2 rings (SSSR count). The van der Waals surface area contributed by atoms with E-state index in [2.05, 4.69) is 49.1 Å². The fourth-order valence-electron chi connectivity index (χ4n) is 4.69. The first-order valence-electron chi connectivity index (χ1n) is 10.9. The quantitative estimate of drug-likeness (QED) is 0.427. The number of nitrogens with zero attached hydrogens (tertiary/aromatic N) is 1. The summed E-state index contributed by atoms with van der Waals surface area (Å²) in [4.78, 5) is 2.67. The molecule has 1 aromatic rings. The van der Waals surface area contributed by atoms with E-state index in [0.717, 1.165) is 35.4 Å². The van der Waals surface area contributed by atoms with Gasteiger partial charge < -0.3 is 0 Å². The average Bonchev–Trinajstić information content (AvgIpc) is 2.69. The topological polar surface area (TPSA) is 21.7 Å². The zero-order valence-electron chi connectivity index (χ0n) is 18.6. The van der Waals surface area contributed by atoms with Crippen LogP contribution in [0.3, 0.4) is 0 Å². The molecule has 0 N–H and O–H groups in total. The van der Waals surface area contributed by atoms with E-state index in [1.165, 1.54) is 31.4 Å². The van der Waals surface area contributed by atoms with Crippen molar-refractivity contribution in [1.82, 2.24) is 4.90 Å². The van der Waals surface area contributed by atoms with Gasteiger partial charge in [-0.05, 0) is 0 Å². The van der Waals surface area contributed by atoms with Gasteiger partial charge >= 0.3 is 182 Å². The summed E-state index contributed by atoms with van der Waals surface area (Å²) in [7, 11) is 3.68. The molecule has 1 fully saturated rings. The number of methoxy groups -OCH3 is 2. The maximum absolute atomic E-state index is 5.79. The molecule has 0 saturated carbocycles. The summed E-state index contributed by atoms with van der Waals surface area (Å²) in [6.45, 7) is 7.01. The third kappa shape index (κ3) is 8.18. The Labute approximate surface area is 193 Å². The maximum Gasteiger partial charge on any atom is -0.147 e. The summed E-state index contributed by atoms with van der Waals surface area (Å²) in [6.07, 6.45) is 8.00. The molecule has 3 nitrogen and oxygen atoms in total. The summed E-state index contributed by atoms with van der Waals surface area (Å²) >= 11 is 0.692. The van der Waals surface area contributed by atoms with Crippen LogP contribution in [0.2, 0.25) is 3.67 Å². The molecule has 0 spiro atoms. The second-order valence-electron chi connectivity index (χ2n) is 8.48.